The SMILES string of the molecule is COc1cccc(NC2=C(Sc3ccc(Cl)cc3)C(=O)N(c3cccc(Cl)c3Cl)C2=O)c1. The van der Waals surface area contributed by atoms with Crippen molar-refractivity contribution in [2.45, 2.75) is 4.90 Å². The molecule has 1 aliphatic rings. The zero-order valence-corrected chi connectivity index (χ0v) is 19.6. The second-order valence-corrected chi connectivity index (χ2v) is 8.94. The molecule has 32 heavy (non-hydrogen) atoms. The molecule has 162 valence electrons. The molecule has 3 aromatic rings. The average molecular weight is 506 g/mol. The minimum absolute atomic E-state index is 0.120. The molecule has 0 saturated heterocycles. The molecular formula is C23H15Cl3N2O3S. The Balaban J connectivity index is 1.77. The van der Waals surface area contributed by atoms with Gasteiger partial charge in [0.05, 0.1) is 22.8 Å². The fraction of sp³-hybridized carbons (Fsp3) is 0.0435. The predicted molar refractivity (Wildman–Crippen MR) is 130 cm³/mol. The van der Waals surface area contributed by atoms with Gasteiger partial charge in [0.1, 0.15) is 16.4 Å². The quantitative estimate of drug-likeness (QED) is 0.380. The van der Waals surface area contributed by atoms with Gasteiger partial charge in [0.15, 0.2) is 0 Å². The molecule has 0 aromatic heterocycles. The van der Waals surface area contributed by atoms with Crippen LogP contribution in [0, 0.1) is 0 Å². The highest BCUT2D eigenvalue weighted by atomic mass is 35.5. The first-order valence-corrected chi connectivity index (χ1v) is 11.3. The molecular weight excluding hydrogens is 491 g/mol. The number of anilines is 2. The first-order chi connectivity index (χ1) is 15.4. The molecule has 0 atom stereocenters. The Morgan fingerprint density at radius 1 is 0.906 bits per heavy atom. The van der Waals surface area contributed by atoms with Crippen LogP contribution in [0.3, 0.4) is 0 Å². The van der Waals surface area contributed by atoms with Crippen LogP contribution >= 0.6 is 46.6 Å². The number of carbonyl (C=O) groups is 2. The van der Waals surface area contributed by atoms with Gasteiger partial charge in [-0.15, -0.1) is 0 Å². The van der Waals surface area contributed by atoms with E-state index in [1.165, 1.54) is 0 Å². The molecule has 0 spiro atoms. The smallest absolute Gasteiger partial charge is 0.283 e. The Morgan fingerprint density at radius 3 is 2.34 bits per heavy atom. The van der Waals surface area contributed by atoms with Crippen molar-refractivity contribution >= 4 is 69.8 Å². The molecule has 0 aliphatic carbocycles. The second kappa shape index (κ2) is 9.46. The minimum atomic E-state index is -0.543. The van der Waals surface area contributed by atoms with Crippen LogP contribution in [0.25, 0.3) is 0 Å². The molecule has 3 aromatic carbocycles. The maximum atomic E-state index is 13.4. The van der Waals surface area contributed by atoms with E-state index in [0.717, 1.165) is 21.6 Å². The van der Waals surface area contributed by atoms with E-state index in [-0.39, 0.29) is 26.3 Å². The second-order valence-electron chi connectivity index (χ2n) is 6.64. The molecule has 0 saturated carbocycles. The number of hydrogen-bond acceptors (Lipinski definition) is 5. The van der Waals surface area contributed by atoms with Gasteiger partial charge >= 0.3 is 0 Å². The molecule has 0 fully saturated rings. The molecule has 1 heterocycles. The van der Waals surface area contributed by atoms with E-state index >= 15 is 0 Å². The first-order valence-electron chi connectivity index (χ1n) is 9.30. The number of amides is 2. The van der Waals surface area contributed by atoms with E-state index in [4.69, 9.17) is 39.5 Å². The van der Waals surface area contributed by atoms with Gasteiger partial charge in [-0.1, -0.05) is 58.7 Å². The maximum Gasteiger partial charge on any atom is 0.283 e. The third-order valence-corrected chi connectivity index (χ3v) is 6.74. The minimum Gasteiger partial charge on any atom is -0.497 e. The van der Waals surface area contributed by atoms with Gasteiger partial charge in [-0.3, -0.25) is 9.59 Å². The van der Waals surface area contributed by atoms with Crippen LogP contribution in [-0.4, -0.2) is 18.9 Å². The molecule has 9 heteroatoms. The van der Waals surface area contributed by atoms with Crippen molar-refractivity contribution in [2.24, 2.45) is 0 Å². The standard InChI is InChI=1S/C23H15Cl3N2O3S/c1-31-15-5-2-4-14(12-15)27-20-21(32-16-10-8-13(24)9-11-16)23(30)28(22(20)29)18-7-3-6-17(25)19(18)26/h2-12,27H,1H3. The summed E-state index contributed by atoms with van der Waals surface area (Å²) in [6, 6.07) is 18.8. The monoisotopic (exact) mass is 504 g/mol. The maximum absolute atomic E-state index is 13.4. The van der Waals surface area contributed by atoms with E-state index in [1.807, 2.05) is 0 Å². The summed E-state index contributed by atoms with van der Waals surface area (Å²) in [6.45, 7) is 0. The Kier molecular flexibility index (Phi) is 6.67. The van der Waals surface area contributed by atoms with Gasteiger partial charge in [-0.05, 0) is 48.5 Å². The largest absolute Gasteiger partial charge is 0.497 e. The van der Waals surface area contributed by atoms with Crippen molar-refractivity contribution in [2.75, 3.05) is 17.3 Å². The van der Waals surface area contributed by atoms with Crippen LogP contribution in [0.15, 0.2) is 82.2 Å². The van der Waals surface area contributed by atoms with Gasteiger partial charge in [0, 0.05) is 21.7 Å². The first kappa shape index (κ1) is 22.6. The highest BCUT2D eigenvalue weighted by Crippen LogP contribution is 2.41. The van der Waals surface area contributed by atoms with Crippen LogP contribution in [0.5, 0.6) is 5.75 Å². The number of hydrogen-bond donors (Lipinski definition) is 1. The number of rotatable bonds is 6. The van der Waals surface area contributed by atoms with Gasteiger partial charge in [0.25, 0.3) is 11.8 Å². The van der Waals surface area contributed by atoms with Gasteiger partial charge in [0.2, 0.25) is 0 Å². The summed E-state index contributed by atoms with van der Waals surface area (Å²) in [5.74, 6) is -0.447. The summed E-state index contributed by atoms with van der Waals surface area (Å²) in [5, 5.41) is 4.01. The Labute approximate surface area is 203 Å². The van der Waals surface area contributed by atoms with Crippen molar-refractivity contribution in [3.05, 3.63) is 92.4 Å². The van der Waals surface area contributed by atoms with E-state index < -0.39 is 11.8 Å². The topological polar surface area (TPSA) is 58.6 Å². The van der Waals surface area contributed by atoms with Crippen LogP contribution in [0.1, 0.15) is 0 Å². The van der Waals surface area contributed by atoms with E-state index in [2.05, 4.69) is 5.32 Å². The lowest BCUT2D eigenvalue weighted by Gasteiger charge is -2.17. The zero-order valence-electron chi connectivity index (χ0n) is 16.6. The number of nitrogens with zero attached hydrogens (tertiary/aromatic N) is 1. The summed E-state index contributed by atoms with van der Waals surface area (Å²) in [6.07, 6.45) is 0. The lowest BCUT2D eigenvalue weighted by molar-refractivity contribution is -0.120. The van der Waals surface area contributed by atoms with Crippen molar-refractivity contribution in [1.82, 2.24) is 0 Å². The van der Waals surface area contributed by atoms with E-state index in [9.17, 15) is 9.59 Å². The lowest BCUT2D eigenvalue weighted by atomic mass is 10.2. The fourth-order valence-electron chi connectivity index (χ4n) is 3.06. The van der Waals surface area contributed by atoms with Gasteiger partial charge < -0.3 is 10.1 Å². The molecule has 0 radical (unpaired) electrons. The number of benzene rings is 3. The van der Waals surface area contributed by atoms with Gasteiger partial charge in [-0.2, -0.15) is 0 Å². The van der Waals surface area contributed by atoms with E-state index in [1.54, 1.807) is 73.8 Å². The van der Waals surface area contributed by atoms with Crippen LogP contribution < -0.4 is 15.0 Å². The number of methoxy groups -OCH3 is 1. The van der Waals surface area contributed by atoms with E-state index in [0.29, 0.717) is 16.5 Å². The summed E-state index contributed by atoms with van der Waals surface area (Å²) in [4.78, 5) is 28.8. The third kappa shape index (κ3) is 4.45. The normalized spacial score (nSPS) is 13.7. The summed E-state index contributed by atoms with van der Waals surface area (Å²) < 4.78 is 5.25. The number of carbonyl (C=O) groups excluding carboxylic acids is 2. The molecule has 0 bridgehead atoms. The number of halogens is 3. The molecule has 1 N–H and O–H groups in total. The highest BCUT2D eigenvalue weighted by molar-refractivity contribution is 8.04. The third-order valence-electron chi connectivity index (χ3n) is 4.59. The number of imide groups is 1. The molecule has 1 aliphatic heterocycles. The van der Waals surface area contributed by atoms with Crippen molar-refractivity contribution in [3.63, 3.8) is 0 Å². The fourth-order valence-corrected chi connectivity index (χ4v) is 4.50. The van der Waals surface area contributed by atoms with Crippen LogP contribution in [-0.2, 0) is 9.59 Å². The number of ether oxygens (including phenoxy) is 1. The summed E-state index contributed by atoms with van der Waals surface area (Å²) in [5.41, 5.74) is 0.929. The Morgan fingerprint density at radius 2 is 1.62 bits per heavy atom. The molecule has 4 rings (SSSR count). The zero-order chi connectivity index (χ0) is 22.8. The Hall–Kier alpha value is -2.64. The summed E-state index contributed by atoms with van der Waals surface area (Å²) in [7, 11) is 1.55. The Bertz CT molecular complexity index is 1250. The molecule has 0 unspecified atom stereocenters. The van der Waals surface area contributed by atoms with Crippen molar-refractivity contribution in [1.29, 1.82) is 0 Å². The molecule has 5 nitrogen and oxygen atoms in total. The van der Waals surface area contributed by atoms with Crippen LogP contribution in [0.4, 0.5) is 11.4 Å². The van der Waals surface area contributed by atoms with Crippen molar-refractivity contribution < 1.29 is 14.3 Å². The van der Waals surface area contributed by atoms with Crippen LogP contribution in [0.2, 0.25) is 15.1 Å². The summed E-state index contributed by atoms with van der Waals surface area (Å²) >= 11 is 19.6. The highest BCUT2D eigenvalue weighted by Gasteiger charge is 2.41. The van der Waals surface area contributed by atoms with Crippen molar-refractivity contribution in [3.8, 4) is 5.75 Å². The number of thioether (sulfide) groups is 1. The number of nitrogens with one attached hydrogen (secondary N) is 1. The molecule has 2 amide bonds. The average Bonchev–Trinajstić information content (AvgIpc) is 3.01. The van der Waals surface area contributed by atoms with Gasteiger partial charge in [-0.25, -0.2) is 4.90 Å². The lowest BCUT2D eigenvalue weighted by Crippen LogP contribution is -2.32. The predicted octanol–water partition coefficient (Wildman–Crippen LogP) is 6.64.